The van der Waals surface area contributed by atoms with Crippen molar-refractivity contribution in [3.05, 3.63) is 54.6 Å². The topological polar surface area (TPSA) is 68.0 Å². The maximum Gasteiger partial charge on any atom is 0.248 e. The maximum atomic E-state index is 12.0. The highest BCUT2D eigenvalue weighted by Gasteiger charge is 2.13. The molecule has 0 aliphatic heterocycles. The molecule has 1 aromatic heterocycles. The first-order valence-corrected chi connectivity index (χ1v) is 7.97. The summed E-state index contributed by atoms with van der Waals surface area (Å²) < 4.78 is 5.75. The van der Waals surface area contributed by atoms with Gasteiger partial charge < -0.3 is 9.73 Å². The second-order valence-corrected chi connectivity index (χ2v) is 5.66. The maximum absolute atomic E-state index is 12.0. The molecule has 3 rings (SSSR count). The number of amides is 1. The summed E-state index contributed by atoms with van der Waals surface area (Å²) in [5.41, 5.74) is 2.36. The average molecular weight is 321 g/mol. The average Bonchev–Trinajstić information content (AvgIpc) is 3.12. The Bertz CT molecular complexity index is 827. The molecule has 0 saturated heterocycles. The Balaban J connectivity index is 1.82. The molecular formula is C19H19N3O2. The summed E-state index contributed by atoms with van der Waals surface area (Å²) in [6, 6.07) is 17.0. The minimum absolute atomic E-state index is 0.00477. The van der Waals surface area contributed by atoms with E-state index in [1.807, 2.05) is 68.4 Å². The van der Waals surface area contributed by atoms with Gasteiger partial charge >= 0.3 is 0 Å². The predicted octanol–water partition coefficient (Wildman–Crippen LogP) is 4.39. The first kappa shape index (κ1) is 15.9. The Labute approximate surface area is 140 Å². The largest absolute Gasteiger partial charge is 0.416 e. The third-order valence-corrected chi connectivity index (χ3v) is 3.88. The molecule has 0 fully saturated rings. The van der Waals surface area contributed by atoms with E-state index in [-0.39, 0.29) is 11.8 Å². The SMILES string of the molecule is CC[C@@H](C)C(=O)Nc1cccc(-c2nnc(-c3ccccc3)o2)c1. The standard InChI is InChI=1S/C19H19N3O2/c1-3-13(2)17(23)20-16-11-7-10-15(12-16)19-22-21-18(24-19)14-8-5-4-6-9-14/h4-13H,3H2,1-2H3,(H,20,23)/t13-/m1/s1. The van der Waals surface area contributed by atoms with Crippen molar-refractivity contribution < 1.29 is 9.21 Å². The molecule has 122 valence electrons. The van der Waals surface area contributed by atoms with Crippen LogP contribution in [-0.4, -0.2) is 16.1 Å². The van der Waals surface area contributed by atoms with Gasteiger partial charge in [-0.3, -0.25) is 4.79 Å². The van der Waals surface area contributed by atoms with Gasteiger partial charge in [0.15, 0.2) is 0 Å². The smallest absolute Gasteiger partial charge is 0.248 e. The fourth-order valence-electron chi connectivity index (χ4n) is 2.22. The van der Waals surface area contributed by atoms with Crippen molar-refractivity contribution in [1.82, 2.24) is 10.2 Å². The van der Waals surface area contributed by atoms with E-state index in [9.17, 15) is 4.79 Å². The molecule has 0 saturated carbocycles. The Kier molecular flexibility index (Phi) is 4.70. The first-order valence-electron chi connectivity index (χ1n) is 7.97. The van der Waals surface area contributed by atoms with E-state index in [0.29, 0.717) is 11.8 Å². The number of carbonyl (C=O) groups is 1. The summed E-state index contributed by atoms with van der Waals surface area (Å²) in [6.45, 7) is 3.90. The quantitative estimate of drug-likeness (QED) is 0.757. The fraction of sp³-hybridized carbons (Fsp3) is 0.211. The van der Waals surface area contributed by atoms with Crippen molar-refractivity contribution in [3.63, 3.8) is 0 Å². The lowest BCUT2D eigenvalue weighted by atomic mass is 10.1. The Hall–Kier alpha value is -2.95. The first-order chi connectivity index (χ1) is 11.7. The number of benzene rings is 2. The molecule has 5 heteroatoms. The molecule has 0 spiro atoms. The van der Waals surface area contributed by atoms with Crippen molar-refractivity contribution in [3.8, 4) is 22.9 Å². The number of anilines is 1. The van der Waals surface area contributed by atoms with E-state index in [4.69, 9.17) is 4.42 Å². The molecule has 0 aliphatic carbocycles. The lowest BCUT2D eigenvalue weighted by molar-refractivity contribution is -0.119. The molecule has 0 radical (unpaired) electrons. The van der Waals surface area contributed by atoms with Crippen molar-refractivity contribution in [2.75, 3.05) is 5.32 Å². The molecule has 1 heterocycles. The lowest BCUT2D eigenvalue weighted by Crippen LogP contribution is -2.19. The Morgan fingerprint density at radius 3 is 2.42 bits per heavy atom. The molecule has 24 heavy (non-hydrogen) atoms. The van der Waals surface area contributed by atoms with Gasteiger partial charge in [-0.25, -0.2) is 0 Å². The second kappa shape index (κ2) is 7.08. The van der Waals surface area contributed by atoms with E-state index in [0.717, 1.165) is 23.2 Å². The van der Waals surface area contributed by atoms with Crippen LogP contribution in [0.1, 0.15) is 20.3 Å². The summed E-state index contributed by atoms with van der Waals surface area (Å²) in [5.74, 6) is 0.875. The molecule has 1 atom stereocenters. The van der Waals surface area contributed by atoms with Gasteiger partial charge in [0.1, 0.15) is 0 Å². The number of nitrogens with zero attached hydrogens (tertiary/aromatic N) is 2. The summed E-state index contributed by atoms with van der Waals surface area (Å²) >= 11 is 0. The summed E-state index contributed by atoms with van der Waals surface area (Å²) in [6.07, 6.45) is 0.801. The van der Waals surface area contributed by atoms with Crippen LogP contribution in [-0.2, 0) is 4.79 Å². The van der Waals surface area contributed by atoms with Crippen LogP contribution in [0.4, 0.5) is 5.69 Å². The van der Waals surface area contributed by atoms with E-state index >= 15 is 0 Å². The minimum Gasteiger partial charge on any atom is -0.416 e. The van der Waals surface area contributed by atoms with Gasteiger partial charge in [0.25, 0.3) is 0 Å². The third-order valence-electron chi connectivity index (χ3n) is 3.88. The van der Waals surface area contributed by atoms with Gasteiger partial charge in [-0.05, 0) is 36.8 Å². The van der Waals surface area contributed by atoms with Crippen LogP contribution in [0.3, 0.4) is 0 Å². The molecule has 1 N–H and O–H groups in total. The Morgan fingerprint density at radius 2 is 1.71 bits per heavy atom. The van der Waals surface area contributed by atoms with Crippen LogP contribution in [0.25, 0.3) is 22.9 Å². The fourth-order valence-corrected chi connectivity index (χ4v) is 2.22. The highest BCUT2D eigenvalue weighted by molar-refractivity contribution is 5.92. The van der Waals surface area contributed by atoms with Gasteiger partial charge in [0, 0.05) is 22.7 Å². The van der Waals surface area contributed by atoms with Gasteiger partial charge in [-0.2, -0.15) is 0 Å². The molecular weight excluding hydrogens is 302 g/mol. The van der Waals surface area contributed by atoms with Crippen LogP contribution in [0.15, 0.2) is 59.0 Å². The molecule has 0 bridgehead atoms. The summed E-state index contributed by atoms with van der Waals surface area (Å²) in [5, 5.41) is 11.1. The lowest BCUT2D eigenvalue weighted by Gasteiger charge is -2.10. The Morgan fingerprint density at radius 1 is 1.04 bits per heavy atom. The van der Waals surface area contributed by atoms with Gasteiger partial charge in [0.2, 0.25) is 17.7 Å². The monoisotopic (exact) mass is 321 g/mol. The molecule has 3 aromatic rings. The second-order valence-electron chi connectivity index (χ2n) is 5.66. The normalized spacial score (nSPS) is 11.9. The molecule has 2 aromatic carbocycles. The van der Waals surface area contributed by atoms with Gasteiger partial charge in [-0.15, -0.1) is 10.2 Å². The van der Waals surface area contributed by atoms with Crippen molar-refractivity contribution >= 4 is 11.6 Å². The summed E-state index contributed by atoms with van der Waals surface area (Å²) in [7, 11) is 0. The number of rotatable bonds is 5. The number of carbonyl (C=O) groups excluding carboxylic acids is 1. The molecule has 0 aliphatic rings. The molecule has 1 amide bonds. The van der Waals surface area contributed by atoms with E-state index in [1.54, 1.807) is 0 Å². The van der Waals surface area contributed by atoms with Crippen LogP contribution >= 0.6 is 0 Å². The van der Waals surface area contributed by atoms with Crippen molar-refractivity contribution in [2.45, 2.75) is 20.3 Å². The number of hydrogen-bond acceptors (Lipinski definition) is 4. The summed E-state index contributed by atoms with van der Waals surface area (Å²) in [4.78, 5) is 12.0. The third kappa shape index (κ3) is 3.51. The van der Waals surface area contributed by atoms with Crippen LogP contribution in [0.2, 0.25) is 0 Å². The van der Waals surface area contributed by atoms with Crippen LogP contribution in [0.5, 0.6) is 0 Å². The highest BCUT2D eigenvalue weighted by Crippen LogP contribution is 2.25. The number of nitrogens with one attached hydrogen (secondary N) is 1. The zero-order chi connectivity index (χ0) is 16.9. The number of hydrogen-bond donors (Lipinski definition) is 1. The van der Waals surface area contributed by atoms with E-state index in [2.05, 4.69) is 15.5 Å². The van der Waals surface area contributed by atoms with Gasteiger partial charge in [-0.1, -0.05) is 38.1 Å². The minimum atomic E-state index is -0.0262. The van der Waals surface area contributed by atoms with Gasteiger partial charge in [0.05, 0.1) is 0 Å². The van der Waals surface area contributed by atoms with E-state index in [1.165, 1.54) is 0 Å². The molecule has 5 nitrogen and oxygen atoms in total. The van der Waals surface area contributed by atoms with Crippen molar-refractivity contribution in [2.24, 2.45) is 5.92 Å². The predicted molar refractivity (Wildman–Crippen MR) is 93.3 cm³/mol. The number of aromatic nitrogens is 2. The molecule has 0 unspecified atom stereocenters. The van der Waals surface area contributed by atoms with E-state index < -0.39 is 0 Å². The van der Waals surface area contributed by atoms with Crippen LogP contribution in [0, 0.1) is 5.92 Å². The highest BCUT2D eigenvalue weighted by atomic mass is 16.4. The zero-order valence-electron chi connectivity index (χ0n) is 13.7. The van der Waals surface area contributed by atoms with Crippen LogP contribution < -0.4 is 5.32 Å². The van der Waals surface area contributed by atoms with Crippen molar-refractivity contribution in [1.29, 1.82) is 0 Å². The zero-order valence-corrected chi connectivity index (χ0v) is 13.7.